The van der Waals surface area contributed by atoms with Gasteiger partial charge in [0, 0.05) is 24.0 Å². The van der Waals surface area contributed by atoms with E-state index in [-0.39, 0.29) is 29.5 Å². The summed E-state index contributed by atoms with van der Waals surface area (Å²) in [6, 6.07) is 17.7. The van der Waals surface area contributed by atoms with Crippen LogP contribution in [0.1, 0.15) is 32.0 Å². The van der Waals surface area contributed by atoms with Gasteiger partial charge >= 0.3 is 0 Å². The van der Waals surface area contributed by atoms with Crippen molar-refractivity contribution in [3.05, 3.63) is 95.1 Å². The van der Waals surface area contributed by atoms with E-state index in [0.29, 0.717) is 23.2 Å². The summed E-state index contributed by atoms with van der Waals surface area (Å²) < 4.78 is 13.6. The minimum Gasteiger partial charge on any atom is -0.352 e. The Kier molecular flexibility index (Phi) is 6.28. The Morgan fingerprint density at radius 1 is 1.03 bits per heavy atom. The highest BCUT2D eigenvalue weighted by Gasteiger charge is 2.12. The monoisotopic (exact) mass is 388 g/mol. The molecule has 6 nitrogen and oxygen atoms in total. The topological polar surface area (TPSA) is 94.9 Å². The Morgan fingerprint density at radius 3 is 2.66 bits per heavy atom. The molecular formula is C22H17FN4O2. The van der Waals surface area contributed by atoms with Crippen molar-refractivity contribution in [2.24, 2.45) is 0 Å². The summed E-state index contributed by atoms with van der Waals surface area (Å²) in [6.45, 7) is 0.255. The lowest BCUT2D eigenvalue weighted by molar-refractivity contribution is 0.0954. The molecule has 0 radical (unpaired) electrons. The molecular weight excluding hydrogens is 371 g/mol. The minimum absolute atomic E-state index is 0.0640. The fourth-order valence-electron chi connectivity index (χ4n) is 2.67. The van der Waals surface area contributed by atoms with Crippen LogP contribution in [0.15, 0.2) is 66.9 Å². The molecule has 0 aliphatic carbocycles. The van der Waals surface area contributed by atoms with Gasteiger partial charge in [-0.25, -0.2) is 4.39 Å². The number of benzene rings is 2. The van der Waals surface area contributed by atoms with Crippen LogP contribution in [0.5, 0.6) is 0 Å². The number of carbonyl (C=O) groups is 2. The van der Waals surface area contributed by atoms with E-state index >= 15 is 0 Å². The molecule has 7 heteroatoms. The molecule has 0 saturated heterocycles. The van der Waals surface area contributed by atoms with E-state index in [9.17, 15) is 14.0 Å². The van der Waals surface area contributed by atoms with Gasteiger partial charge in [-0.15, -0.1) is 0 Å². The fourth-order valence-corrected chi connectivity index (χ4v) is 2.67. The fraction of sp³-hybridized carbons (Fsp3) is 0.0909. The van der Waals surface area contributed by atoms with E-state index in [0.717, 1.165) is 0 Å². The third-order valence-electron chi connectivity index (χ3n) is 4.14. The standard InChI is InChI=1S/C22H17FN4O2/c23-19-7-2-1-5-16(19)8-11-26-21(28)17-9-10-25-20(13-17)22(29)27-18-6-3-4-15(12-18)14-24/h1-7,9-10,12-13H,8,11H2,(H,26,28)(H,27,29). The molecule has 2 N–H and O–H groups in total. The van der Waals surface area contributed by atoms with Crippen LogP contribution in [0.2, 0.25) is 0 Å². The first-order valence-electron chi connectivity index (χ1n) is 8.86. The predicted octanol–water partition coefficient (Wildman–Crippen LogP) is 3.32. The second kappa shape index (κ2) is 9.24. The third-order valence-corrected chi connectivity index (χ3v) is 4.14. The summed E-state index contributed by atoms with van der Waals surface area (Å²) in [7, 11) is 0. The molecule has 0 unspecified atom stereocenters. The molecule has 3 aromatic rings. The van der Waals surface area contributed by atoms with Gasteiger partial charge in [0.1, 0.15) is 11.5 Å². The number of pyridine rings is 1. The zero-order valence-electron chi connectivity index (χ0n) is 15.4. The van der Waals surface area contributed by atoms with Gasteiger partial charge in [-0.1, -0.05) is 24.3 Å². The second-order valence-electron chi connectivity index (χ2n) is 6.17. The van der Waals surface area contributed by atoms with Crippen LogP contribution in [0.3, 0.4) is 0 Å². The highest BCUT2D eigenvalue weighted by atomic mass is 19.1. The van der Waals surface area contributed by atoms with Crippen LogP contribution in [-0.2, 0) is 6.42 Å². The van der Waals surface area contributed by atoms with Gasteiger partial charge < -0.3 is 10.6 Å². The Bertz CT molecular complexity index is 1090. The van der Waals surface area contributed by atoms with Crippen molar-refractivity contribution in [1.82, 2.24) is 10.3 Å². The normalized spacial score (nSPS) is 10.1. The van der Waals surface area contributed by atoms with Gasteiger partial charge in [-0.2, -0.15) is 5.26 Å². The lowest BCUT2D eigenvalue weighted by Gasteiger charge is -2.08. The van der Waals surface area contributed by atoms with Crippen LogP contribution in [0.25, 0.3) is 0 Å². The summed E-state index contributed by atoms with van der Waals surface area (Å²) in [5.74, 6) is -1.20. The molecule has 0 spiro atoms. The number of hydrogen-bond donors (Lipinski definition) is 2. The molecule has 29 heavy (non-hydrogen) atoms. The number of carbonyl (C=O) groups excluding carboxylic acids is 2. The molecule has 2 amide bonds. The lowest BCUT2D eigenvalue weighted by Crippen LogP contribution is -2.26. The smallest absolute Gasteiger partial charge is 0.274 e. The summed E-state index contributed by atoms with van der Waals surface area (Å²) in [4.78, 5) is 28.7. The molecule has 3 rings (SSSR count). The van der Waals surface area contributed by atoms with Crippen molar-refractivity contribution >= 4 is 17.5 Å². The number of nitrogens with one attached hydrogen (secondary N) is 2. The average Bonchev–Trinajstić information content (AvgIpc) is 2.75. The van der Waals surface area contributed by atoms with Crippen molar-refractivity contribution in [1.29, 1.82) is 5.26 Å². The van der Waals surface area contributed by atoms with E-state index in [1.165, 1.54) is 30.5 Å². The van der Waals surface area contributed by atoms with E-state index in [1.54, 1.807) is 36.4 Å². The van der Waals surface area contributed by atoms with E-state index < -0.39 is 5.91 Å². The van der Waals surface area contributed by atoms with Gasteiger partial charge in [-0.05, 0) is 48.4 Å². The molecule has 0 atom stereocenters. The van der Waals surface area contributed by atoms with E-state index in [1.807, 2.05) is 6.07 Å². The first-order chi connectivity index (χ1) is 14.1. The Morgan fingerprint density at radius 2 is 1.86 bits per heavy atom. The van der Waals surface area contributed by atoms with Crippen molar-refractivity contribution in [3.63, 3.8) is 0 Å². The number of anilines is 1. The second-order valence-corrected chi connectivity index (χ2v) is 6.17. The molecule has 1 aromatic heterocycles. The highest BCUT2D eigenvalue weighted by molar-refractivity contribution is 6.04. The molecule has 0 saturated carbocycles. The van der Waals surface area contributed by atoms with E-state index in [4.69, 9.17) is 5.26 Å². The average molecular weight is 388 g/mol. The largest absolute Gasteiger partial charge is 0.352 e. The number of hydrogen-bond acceptors (Lipinski definition) is 4. The number of halogens is 1. The third kappa shape index (κ3) is 5.23. The Hall–Kier alpha value is -4.05. The Labute approximate surface area is 167 Å². The van der Waals surface area contributed by atoms with Crippen molar-refractivity contribution in [2.45, 2.75) is 6.42 Å². The van der Waals surface area contributed by atoms with Gasteiger partial charge in [0.2, 0.25) is 0 Å². The van der Waals surface area contributed by atoms with Gasteiger partial charge in [0.05, 0.1) is 11.6 Å². The van der Waals surface area contributed by atoms with Gasteiger partial charge in [0.25, 0.3) is 11.8 Å². The molecule has 0 fully saturated rings. The molecule has 1 heterocycles. The van der Waals surface area contributed by atoms with Crippen LogP contribution >= 0.6 is 0 Å². The first-order valence-corrected chi connectivity index (χ1v) is 8.86. The summed E-state index contributed by atoms with van der Waals surface area (Å²) >= 11 is 0. The zero-order valence-corrected chi connectivity index (χ0v) is 15.4. The van der Waals surface area contributed by atoms with Gasteiger partial charge in [-0.3, -0.25) is 14.6 Å². The van der Waals surface area contributed by atoms with Crippen LogP contribution in [0, 0.1) is 17.1 Å². The molecule has 0 aliphatic rings. The summed E-state index contributed by atoms with van der Waals surface area (Å²) in [5.41, 5.74) is 1.72. The van der Waals surface area contributed by atoms with Crippen molar-refractivity contribution < 1.29 is 14.0 Å². The van der Waals surface area contributed by atoms with Gasteiger partial charge in [0.15, 0.2) is 0 Å². The number of rotatable bonds is 6. The maximum Gasteiger partial charge on any atom is 0.274 e. The lowest BCUT2D eigenvalue weighted by atomic mass is 10.1. The number of amides is 2. The summed E-state index contributed by atoms with van der Waals surface area (Å²) in [5, 5.41) is 14.3. The number of aromatic nitrogens is 1. The quantitative estimate of drug-likeness (QED) is 0.677. The molecule has 0 bridgehead atoms. The van der Waals surface area contributed by atoms with E-state index in [2.05, 4.69) is 15.6 Å². The Balaban J connectivity index is 1.62. The maximum atomic E-state index is 13.6. The minimum atomic E-state index is -0.499. The van der Waals surface area contributed by atoms with Crippen molar-refractivity contribution in [2.75, 3.05) is 11.9 Å². The molecule has 144 valence electrons. The number of nitrogens with zero attached hydrogens (tertiary/aromatic N) is 2. The van der Waals surface area contributed by atoms with Crippen LogP contribution < -0.4 is 10.6 Å². The molecule has 0 aliphatic heterocycles. The maximum absolute atomic E-state index is 13.6. The van der Waals surface area contributed by atoms with Crippen molar-refractivity contribution in [3.8, 4) is 6.07 Å². The molecule has 2 aromatic carbocycles. The SMILES string of the molecule is N#Cc1cccc(NC(=O)c2cc(C(=O)NCCc3ccccc3F)ccn2)c1. The zero-order chi connectivity index (χ0) is 20.6. The summed E-state index contributed by atoms with van der Waals surface area (Å²) in [6.07, 6.45) is 1.72. The predicted molar refractivity (Wildman–Crippen MR) is 106 cm³/mol. The highest BCUT2D eigenvalue weighted by Crippen LogP contribution is 2.12. The van der Waals surface area contributed by atoms with Crippen LogP contribution in [-0.4, -0.2) is 23.3 Å². The van der Waals surface area contributed by atoms with Crippen LogP contribution in [0.4, 0.5) is 10.1 Å². The number of nitriles is 1. The first kappa shape index (κ1) is 19.7.